The number of hydrogen-bond acceptors (Lipinski definition) is 4. The molecular formula is C27H37ClN2O4. The number of carbonyl (C=O) groups excluding carboxylic acids is 2. The second-order valence-electron chi connectivity index (χ2n) is 8.29. The lowest BCUT2D eigenvalue weighted by Gasteiger charge is -2.30. The summed E-state index contributed by atoms with van der Waals surface area (Å²) < 4.78 is 11.3. The fraction of sp³-hybridized carbons (Fsp3) is 0.481. The van der Waals surface area contributed by atoms with Crippen LogP contribution < -0.4 is 14.8 Å². The maximum absolute atomic E-state index is 13.3. The van der Waals surface area contributed by atoms with Gasteiger partial charge in [-0.05, 0) is 75.9 Å². The summed E-state index contributed by atoms with van der Waals surface area (Å²) >= 11 is 6.02. The topological polar surface area (TPSA) is 67.9 Å². The molecule has 0 radical (unpaired) electrons. The van der Waals surface area contributed by atoms with Crippen LogP contribution in [0.2, 0.25) is 5.02 Å². The van der Waals surface area contributed by atoms with Gasteiger partial charge in [-0.15, -0.1) is 0 Å². The minimum absolute atomic E-state index is 0.0447. The molecule has 0 aliphatic rings. The smallest absolute Gasteiger partial charge is 0.242 e. The third-order valence-electron chi connectivity index (χ3n) is 5.67. The molecule has 2 atom stereocenters. The molecule has 0 saturated heterocycles. The average Bonchev–Trinajstić information content (AvgIpc) is 2.83. The van der Waals surface area contributed by atoms with Crippen LogP contribution in [0.5, 0.6) is 11.5 Å². The number of halogens is 1. The molecule has 0 saturated carbocycles. The quantitative estimate of drug-likeness (QED) is 0.409. The van der Waals surface area contributed by atoms with Crippen molar-refractivity contribution in [3.05, 3.63) is 58.6 Å². The predicted octanol–water partition coefficient (Wildman–Crippen LogP) is 5.40. The normalized spacial score (nSPS) is 12.5. The van der Waals surface area contributed by atoms with Gasteiger partial charge in [-0.2, -0.15) is 0 Å². The van der Waals surface area contributed by atoms with E-state index in [9.17, 15) is 9.59 Å². The van der Waals surface area contributed by atoms with E-state index in [0.717, 1.165) is 17.5 Å². The number of ether oxygens (including phenoxy) is 2. The zero-order chi connectivity index (χ0) is 25.1. The van der Waals surface area contributed by atoms with Crippen molar-refractivity contribution in [1.29, 1.82) is 0 Å². The molecule has 2 aromatic rings. The van der Waals surface area contributed by atoms with Crippen LogP contribution >= 0.6 is 11.6 Å². The van der Waals surface area contributed by atoms with Gasteiger partial charge in [0.05, 0.1) is 13.2 Å². The predicted molar refractivity (Wildman–Crippen MR) is 136 cm³/mol. The summed E-state index contributed by atoms with van der Waals surface area (Å²) in [5.74, 6) is 1.12. The third kappa shape index (κ3) is 8.24. The highest BCUT2D eigenvalue weighted by molar-refractivity contribution is 6.30. The Labute approximate surface area is 208 Å². The van der Waals surface area contributed by atoms with Crippen molar-refractivity contribution in [3.63, 3.8) is 0 Å². The zero-order valence-electron chi connectivity index (χ0n) is 20.9. The van der Waals surface area contributed by atoms with Crippen molar-refractivity contribution in [2.75, 3.05) is 13.2 Å². The number of carbonyl (C=O) groups is 2. The maximum Gasteiger partial charge on any atom is 0.242 e. The molecule has 0 bridgehead atoms. The van der Waals surface area contributed by atoms with Gasteiger partial charge >= 0.3 is 0 Å². The van der Waals surface area contributed by atoms with Crippen LogP contribution in [0.15, 0.2) is 42.5 Å². The largest absolute Gasteiger partial charge is 0.490 e. The SMILES string of the molecule is CCOc1ccc(CCC(=O)N(Cc2ccc(Cl)cc2)[C@H](C)C(=O)N[C@@H](C)CC)cc1OCC. The van der Waals surface area contributed by atoms with Crippen LogP contribution in [0.4, 0.5) is 0 Å². The van der Waals surface area contributed by atoms with Gasteiger partial charge in [0.15, 0.2) is 11.5 Å². The van der Waals surface area contributed by atoms with Gasteiger partial charge in [-0.3, -0.25) is 9.59 Å². The van der Waals surface area contributed by atoms with Gasteiger partial charge in [-0.1, -0.05) is 36.7 Å². The standard InChI is InChI=1S/C27H37ClN2O4/c1-6-19(4)29-27(32)20(5)30(18-22-9-13-23(28)14-10-22)26(31)16-12-21-11-15-24(33-7-2)25(17-21)34-8-3/h9-11,13-15,17,19-20H,6-8,12,16,18H2,1-5H3,(H,29,32)/t19-,20+/m0/s1. The van der Waals surface area contributed by atoms with E-state index >= 15 is 0 Å². The lowest BCUT2D eigenvalue weighted by atomic mass is 10.1. The van der Waals surface area contributed by atoms with Gasteiger partial charge in [0.25, 0.3) is 0 Å². The highest BCUT2D eigenvalue weighted by Crippen LogP contribution is 2.29. The highest BCUT2D eigenvalue weighted by Gasteiger charge is 2.26. The summed E-state index contributed by atoms with van der Waals surface area (Å²) in [5, 5.41) is 3.62. The van der Waals surface area contributed by atoms with Gasteiger partial charge < -0.3 is 19.7 Å². The molecule has 2 rings (SSSR count). The molecule has 0 fully saturated rings. The van der Waals surface area contributed by atoms with E-state index < -0.39 is 6.04 Å². The minimum Gasteiger partial charge on any atom is -0.490 e. The van der Waals surface area contributed by atoms with E-state index in [-0.39, 0.29) is 24.3 Å². The summed E-state index contributed by atoms with van der Waals surface area (Å²) in [7, 11) is 0. The molecule has 7 heteroatoms. The number of nitrogens with one attached hydrogen (secondary N) is 1. The van der Waals surface area contributed by atoms with E-state index in [0.29, 0.717) is 42.7 Å². The highest BCUT2D eigenvalue weighted by atomic mass is 35.5. The van der Waals surface area contributed by atoms with Crippen LogP contribution in [0.25, 0.3) is 0 Å². The van der Waals surface area contributed by atoms with Gasteiger partial charge in [-0.25, -0.2) is 0 Å². The zero-order valence-corrected chi connectivity index (χ0v) is 21.7. The maximum atomic E-state index is 13.3. The summed E-state index contributed by atoms with van der Waals surface area (Å²) in [6.07, 6.45) is 1.62. The number of rotatable bonds is 13. The molecule has 0 aliphatic heterocycles. The average molecular weight is 489 g/mol. The molecule has 34 heavy (non-hydrogen) atoms. The second kappa shape index (κ2) is 13.9. The van der Waals surface area contributed by atoms with E-state index in [1.165, 1.54) is 0 Å². The Morgan fingerprint density at radius 3 is 2.18 bits per heavy atom. The van der Waals surface area contributed by atoms with Crippen LogP contribution in [0.1, 0.15) is 58.6 Å². The van der Waals surface area contributed by atoms with E-state index in [1.807, 2.05) is 58.0 Å². The first-order valence-electron chi connectivity index (χ1n) is 12.0. The number of amides is 2. The molecule has 0 aromatic heterocycles. The molecule has 0 heterocycles. The fourth-order valence-corrected chi connectivity index (χ4v) is 3.61. The van der Waals surface area contributed by atoms with Crippen molar-refractivity contribution in [3.8, 4) is 11.5 Å². The minimum atomic E-state index is -0.600. The van der Waals surface area contributed by atoms with Crippen molar-refractivity contribution >= 4 is 23.4 Å². The Bertz CT molecular complexity index is 933. The van der Waals surface area contributed by atoms with Crippen molar-refractivity contribution in [2.24, 2.45) is 0 Å². The van der Waals surface area contributed by atoms with E-state index in [4.69, 9.17) is 21.1 Å². The summed E-state index contributed by atoms with van der Waals surface area (Å²) in [6.45, 7) is 11.0. The van der Waals surface area contributed by atoms with E-state index in [1.54, 1.807) is 24.0 Å². The molecule has 0 spiro atoms. The number of benzene rings is 2. The molecule has 1 N–H and O–H groups in total. The Morgan fingerprint density at radius 1 is 0.941 bits per heavy atom. The Morgan fingerprint density at radius 2 is 1.56 bits per heavy atom. The number of aryl methyl sites for hydroxylation is 1. The summed E-state index contributed by atoms with van der Waals surface area (Å²) in [4.78, 5) is 27.8. The Balaban J connectivity index is 2.17. The van der Waals surface area contributed by atoms with Gasteiger partial charge in [0, 0.05) is 24.0 Å². The summed E-state index contributed by atoms with van der Waals surface area (Å²) in [5.41, 5.74) is 1.89. The fourth-order valence-electron chi connectivity index (χ4n) is 3.48. The molecule has 2 aromatic carbocycles. The van der Waals surface area contributed by atoms with Gasteiger partial charge in [0.1, 0.15) is 6.04 Å². The second-order valence-corrected chi connectivity index (χ2v) is 8.73. The first-order valence-corrected chi connectivity index (χ1v) is 12.4. The van der Waals surface area contributed by atoms with E-state index in [2.05, 4.69) is 5.32 Å². The van der Waals surface area contributed by atoms with Crippen molar-refractivity contribution < 1.29 is 19.1 Å². The van der Waals surface area contributed by atoms with Crippen LogP contribution in [-0.2, 0) is 22.6 Å². The third-order valence-corrected chi connectivity index (χ3v) is 5.92. The number of hydrogen-bond donors (Lipinski definition) is 1. The Hall–Kier alpha value is -2.73. The summed E-state index contributed by atoms with van der Waals surface area (Å²) in [6, 6.07) is 12.5. The molecular weight excluding hydrogens is 452 g/mol. The van der Waals surface area contributed by atoms with Crippen molar-refractivity contribution in [2.45, 2.75) is 72.5 Å². The first kappa shape index (κ1) is 27.5. The molecule has 6 nitrogen and oxygen atoms in total. The lowest BCUT2D eigenvalue weighted by molar-refractivity contribution is -0.140. The monoisotopic (exact) mass is 488 g/mol. The van der Waals surface area contributed by atoms with Crippen molar-refractivity contribution in [1.82, 2.24) is 10.2 Å². The molecule has 186 valence electrons. The first-order chi connectivity index (χ1) is 16.3. The van der Waals surface area contributed by atoms with Crippen LogP contribution in [-0.4, -0.2) is 42.0 Å². The molecule has 0 aliphatic carbocycles. The van der Waals surface area contributed by atoms with Gasteiger partial charge in [0.2, 0.25) is 11.8 Å². The van der Waals surface area contributed by atoms with Crippen LogP contribution in [0.3, 0.4) is 0 Å². The molecule has 2 amide bonds. The lowest BCUT2D eigenvalue weighted by Crippen LogP contribution is -2.49. The number of nitrogens with zero attached hydrogens (tertiary/aromatic N) is 1. The molecule has 0 unspecified atom stereocenters. The van der Waals surface area contributed by atoms with Crippen LogP contribution in [0, 0.1) is 0 Å². The Kier molecular flexibility index (Phi) is 11.2.